The molecule has 166 valence electrons. The molecule has 0 bridgehead atoms. The van der Waals surface area contributed by atoms with Crippen molar-refractivity contribution in [3.63, 3.8) is 0 Å². The summed E-state index contributed by atoms with van der Waals surface area (Å²) in [6.45, 7) is 0. The Morgan fingerprint density at radius 3 is 2.30 bits per heavy atom. The number of methoxy groups -OCH3 is 1. The summed E-state index contributed by atoms with van der Waals surface area (Å²) in [7, 11) is 1.27. The highest BCUT2D eigenvalue weighted by Crippen LogP contribution is 2.33. The average molecular weight is 569 g/mol. The Hall–Kier alpha value is -3.23. The van der Waals surface area contributed by atoms with Crippen LogP contribution in [-0.4, -0.2) is 24.1 Å². The lowest BCUT2D eigenvalue weighted by Gasteiger charge is -2.23. The Balaban J connectivity index is 1.89. The van der Waals surface area contributed by atoms with Gasteiger partial charge in [-0.1, -0.05) is 86.5 Å². The number of benzene rings is 3. The minimum Gasteiger partial charge on any atom is -0.451 e. The number of pyridine rings is 1. The number of alkyl halides is 1. The minimum atomic E-state index is -0.709. The SMILES string of the molecule is COC(=O)N(NC(=O)c1c(CBr)c(-c2ccccc2)nc2cc(Br)ccc12)c1ccccc1. The fourth-order valence-electron chi connectivity index (χ4n) is 3.54. The first kappa shape index (κ1) is 22.9. The maximum absolute atomic E-state index is 13.7. The number of hydrazine groups is 1. The Bertz CT molecular complexity index is 1320. The second-order valence-corrected chi connectivity index (χ2v) is 8.53. The van der Waals surface area contributed by atoms with Crippen LogP contribution >= 0.6 is 31.9 Å². The van der Waals surface area contributed by atoms with Gasteiger partial charge in [0.1, 0.15) is 0 Å². The van der Waals surface area contributed by atoms with Gasteiger partial charge < -0.3 is 4.74 Å². The molecule has 0 spiro atoms. The molecule has 4 aromatic rings. The van der Waals surface area contributed by atoms with Gasteiger partial charge in [0.2, 0.25) is 0 Å². The summed E-state index contributed by atoms with van der Waals surface area (Å²) in [5, 5.41) is 2.15. The van der Waals surface area contributed by atoms with E-state index in [2.05, 4.69) is 37.3 Å². The van der Waals surface area contributed by atoms with Crippen molar-refractivity contribution in [1.29, 1.82) is 0 Å². The van der Waals surface area contributed by atoms with Crippen molar-refractivity contribution in [1.82, 2.24) is 10.4 Å². The van der Waals surface area contributed by atoms with Gasteiger partial charge in [0.05, 0.1) is 29.6 Å². The van der Waals surface area contributed by atoms with Crippen molar-refractivity contribution in [2.75, 3.05) is 12.1 Å². The van der Waals surface area contributed by atoms with Gasteiger partial charge in [-0.05, 0) is 24.3 Å². The van der Waals surface area contributed by atoms with Crippen LogP contribution in [0.3, 0.4) is 0 Å². The molecule has 8 heteroatoms. The van der Waals surface area contributed by atoms with E-state index in [1.807, 2.05) is 54.6 Å². The number of para-hydroxylation sites is 1. The number of aromatic nitrogens is 1. The number of carbonyl (C=O) groups is 2. The third-order valence-corrected chi connectivity index (χ3v) is 6.10. The molecule has 1 heterocycles. The molecule has 0 saturated carbocycles. The largest absolute Gasteiger partial charge is 0.451 e. The van der Waals surface area contributed by atoms with Gasteiger partial charge in [-0.3, -0.25) is 10.2 Å². The zero-order valence-corrected chi connectivity index (χ0v) is 20.8. The maximum Gasteiger partial charge on any atom is 0.433 e. The molecule has 0 saturated heterocycles. The second kappa shape index (κ2) is 10.1. The molecule has 0 fully saturated rings. The summed E-state index contributed by atoms with van der Waals surface area (Å²) in [6.07, 6.45) is -0.709. The molecule has 0 atom stereocenters. The number of anilines is 1. The van der Waals surface area contributed by atoms with E-state index >= 15 is 0 Å². The predicted molar refractivity (Wildman–Crippen MR) is 136 cm³/mol. The lowest BCUT2D eigenvalue weighted by atomic mass is 9.97. The van der Waals surface area contributed by atoms with E-state index in [9.17, 15) is 9.59 Å². The Morgan fingerprint density at radius 1 is 1.00 bits per heavy atom. The van der Waals surface area contributed by atoms with Crippen LogP contribution in [0, 0.1) is 0 Å². The number of fused-ring (bicyclic) bond motifs is 1. The maximum atomic E-state index is 13.7. The summed E-state index contributed by atoms with van der Waals surface area (Å²) < 4.78 is 5.75. The number of hydrogen-bond acceptors (Lipinski definition) is 4. The quantitative estimate of drug-likeness (QED) is 0.226. The van der Waals surface area contributed by atoms with Crippen LogP contribution < -0.4 is 10.4 Å². The van der Waals surface area contributed by atoms with Gasteiger partial charge in [-0.15, -0.1) is 0 Å². The Labute approximate surface area is 207 Å². The topological polar surface area (TPSA) is 71.5 Å². The minimum absolute atomic E-state index is 0.391. The van der Waals surface area contributed by atoms with Gasteiger partial charge in [0.15, 0.2) is 0 Å². The highest BCUT2D eigenvalue weighted by Gasteiger charge is 2.25. The summed E-state index contributed by atoms with van der Waals surface area (Å²) in [6, 6.07) is 24.0. The van der Waals surface area contributed by atoms with E-state index in [4.69, 9.17) is 9.72 Å². The van der Waals surface area contributed by atoms with Crippen molar-refractivity contribution >= 4 is 60.5 Å². The molecule has 4 rings (SSSR count). The number of rotatable bonds is 4. The fraction of sp³-hybridized carbons (Fsp3) is 0.0800. The van der Waals surface area contributed by atoms with Crippen LogP contribution in [0.15, 0.2) is 83.3 Å². The van der Waals surface area contributed by atoms with Crippen molar-refractivity contribution in [3.05, 3.63) is 94.5 Å². The molecule has 6 nitrogen and oxygen atoms in total. The zero-order valence-electron chi connectivity index (χ0n) is 17.6. The van der Waals surface area contributed by atoms with E-state index in [-0.39, 0.29) is 0 Å². The zero-order chi connectivity index (χ0) is 23.4. The highest BCUT2D eigenvalue weighted by atomic mass is 79.9. The number of carbonyl (C=O) groups excluding carboxylic acids is 2. The molecule has 2 amide bonds. The highest BCUT2D eigenvalue weighted by molar-refractivity contribution is 9.10. The van der Waals surface area contributed by atoms with Crippen molar-refractivity contribution in [3.8, 4) is 11.3 Å². The van der Waals surface area contributed by atoms with Gasteiger partial charge in [0.25, 0.3) is 5.91 Å². The second-order valence-electron chi connectivity index (χ2n) is 7.06. The molecule has 0 radical (unpaired) electrons. The van der Waals surface area contributed by atoms with Crippen LogP contribution in [0.2, 0.25) is 0 Å². The van der Waals surface area contributed by atoms with E-state index in [0.29, 0.717) is 38.7 Å². The molecule has 33 heavy (non-hydrogen) atoms. The van der Waals surface area contributed by atoms with Crippen molar-refractivity contribution in [2.24, 2.45) is 0 Å². The standard InChI is InChI=1S/C25H19Br2N3O3/c1-33-25(32)30(18-10-6-3-7-11-18)29-24(31)22-19-13-12-17(27)14-21(19)28-23(20(22)15-26)16-8-4-2-5-9-16/h2-14H,15H2,1H3,(H,29,31). The number of nitrogens with one attached hydrogen (secondary N) is 1. The smallest absolute Gasteiger partial charge is 0.433 e. The molecule has 0 aliphatic carbocycles. The molecule has 3 aromatic carbocycles. The lowest BCUT2D eigenvalue weighted by molar-refractivity contribution is 0.0942. The van der Waals surface area contributed by atoms with E-state index < -0.39 is 12.0 Å². The summed E-state index contributed by atoms with van der Waals surface area (Å²) in [5.74, 6) is -0.453. The number of ether oxygens (including phenoxy) is 1. The van der Waals surface area contributed by atoms with Gasteiger partial charge in [-0.25, -0.2) is 9.78 Å². The Kier molecular flexibility index (Phi) is 7.05. The lowest BCUT2D eigenvalue weighted by Crippen LogP contribution is -2.46. The first-order valence-electron chi connectivity index (χ1n) is 10.0. The molecular formula is C25H19Br2N3O3. The van der Waals surface area contributed by atoms with Gasteiger partial charge in [-0.2, -0.15) is 5.01 Å². The first-order valence-corrected chi connectivity index (χ1v) is 11.9. The van der Waals surface area contributed by atoms with Crippen molar-refractivity contribution in [2.45, 2.75) is 5.33 Å². The molecule has 0 aliphatic rings. The van der Waals surface area contributed by atoms with Crippen LogP contribution in [0.5, 0.6) is 0 Å². The van der Waals surface area contributed by atoms with Crippen LogP contribution in [-0.2, 0) is 10.1 Å². The third-order valence-electron chi connectivity index (χ3n) is 5.04. The fourth-order valence-corrected chi connectivity index (χ4v) is 4.44. The van der Waals surface area contributed by atoms with Crippen LogP contribution in [0.4, 0.5) is 10.5 Å². The monoisotopic (exact) mass is 567 g/mol. The van der Waals surface area contributed by atoms with E-state index in [1.54, 1.807) is 24.3 Å². The van der Waals surface area contributed by atoms with E-state index in [0.717, 1.165) is 15.0 Å². The number of halogens is 2. The predicted octanol–water partition coefficient (Wildman–Crippen LogP) is 6.48. The molecule has 1 N–H and O–H groups in total. The molecule has 0 aliphatic heterocycles. The summed E-state index contributed by atoms with van der Waals surface area (Å²) in [4.78, 5) is 31.0. The molecule has 0 unspecified atom stereocenters. The third kappa shape index (κ3) is 4.77. The molecule has 1 aromatic heterocycles. The van der Waals surface area contributed by atoms with Crippen LogP contribution in [0.1, 0.15) is 15.9 Å². The van der Waals surface area contributed by atoms with Gasteiger partial charge in [0, 0.05) is 26.3 Å². The van der Waals surface area contributed by atoms with E-state index in [1.165, 1.54) is 7.11 Å². The average Bonchev–Trinajstić information content (AvgIpc) is 2.86. The Morgan fingerprint density at radius 2 is 1.67 bits per heavy atom. The number of nitrogens with zero attached hydrogens (tertiary/aromatic N) is 2. The van der Waals surface area contributed by atoms with Crippen LogP contribution in [0.25, 0.3) is 22.2 Å². The van der Waals surface area contributed by atoms with Gasteiger partial charge >= 0.3 is 6.09 Å². The normalized spacial score (nSPS) is 10.6. The summed E-state index contributed by atoms with van der Waals surface area (Å²) in [5.41, 5.74) is 6.56. The number of hydrogen-bond donors (Lipinski definition) is 1. The molecular weight excluding hydrogens is 550 g/mol. The summed E-state index contributed by atoms with van der Waals surface area (Å²) >= 11 is 7.03. The first-order chi connectivity index (χ1) is 16.0. The van der Waals surface area contributed by atoms with Crippen molar-refractivity contribution < 1.29 is 14.3 Å². The number of amides is 2.